The van der Waals surface area contributed by atoms with E-state index in [2.05, 4.69) is 10.1 Å². The summed E-state index contributed by atoms with van der Waals surface area (Å²) >= 11 is 0. The van der Waals surface area contributed by atoms with Gasteiger partial charge in [0.15, 0.2) is 5.84 Å². The SMILES string of the molecule is CCOCCN(C)c1ccnc(/C(N)=N/O)c1. The summed E-state index contributed by atoms with van der Waals surface area (Å²) in [7, 11) is 1.95. The third-order valence-corrected chi connectivity index (χ3v) is 2.33. The molecule has 0 aliphatic carbocycles. The van der Waals surface area contributed by atoms with E-state index in [1.54, 1.807) is 12.3 Å². The summed E-state index contributed by atoms with van der Waals surface area (Å²) in [4.78, 5) is 6.03. The van der Waals surface area contributed by atoms with Crippen LogP contribution in [0.4, 0.5) is 5.69 Å². The molecule has 1 aromatic heterocycles. The molecule has 0 radical (unpaired) electrons. The predicted octanol–water partition coefficient (Wildman–Crippen LogP) is 0.649. The Morgan fingerprint density at radius 2 is 2.41 bits per heavy atom. The summed E-state index contributed by atoms with van der Waals surface area (Å²) in [6, 6.07) is 3.63. The van der Waals surface area contributed by atoms with Gasteiger partial charge in [0, 0.05) is 32.1 Å². The smallest absolute Gasteiger partial charge is 0.188 e. The summed E-state index contributed by atoms with van der Waals surface area (Å²) < 4.78 is 5.28. The van der Waals surface area contributed by atoms with E-state index in [0.29, 0.717) is 18.9 Å². The first-order chi connectivity index (χ1) is 8.19. The number of amidine groups is 1. The number of nitrogens with two attached hydrogens (primary N) is 1. The summed E-state index contributed by atoms with van der Waals surface area (Å²) in [5.74, 6) is 0.00468. The van der Waals surface area contributed by atoms with Gasteiger partial charge in [-0.15, -0.1) is 0 Å². The molecule has 3 N–H and O–H groups in total. The number of likely N-dealkylation sites (N-methyl/N-ethyl adjacent to an activating group) is 1. The molecule has 0 fully saturated rings. The van der Waals surface area contributed by atoms with Gasteiger partial charge < -0.3 is 20.6 Å². The van der Waals surface area contributed by atoms with Gasteiger partial charge in [-0.1, -0.05) is 5.16 Å². The molecule has 0 saturated carbocycles. The molecule has 0 bridgehead atoms. The van der Waals surface area contributed by atoms with Crippen molar-refractivity contribution in [3.63, 3.8) is 0 Å². The first-order valence-corrected chi connectivity index (χ1v) is 5.41. The predicted molar refractivity (Wildman–Crippen MR) is 66.5 cm³/mol. The first kappa shape index (κ1) is 13.2. The molecule has 6 heteroatoms. The average Bonchev–Trinajstić information content (AvgIpc) is 2.38. The van der Waals surface area contributed by atoms with E-state index in [9.17, 15) is 0 Å². The number of rotatable bonds is 6. The van der Waals surface area contributed by atoms with Crippen LogP contribution in [0.25, 0.3) is 0 Å². The Bertz CT molecular complexity index is 381. The average molecular weight is 238 g/mol. The van der Waals surface area contributed by atoms with E-state index < -0.39 is 0 Å². The molecule has 0 unspecified atom stereocenters. The minimum atomic E-state index is 0.00468. The van der Waals surface area contributed by atoms with Crippen molar-refractivity contribution in [3.05, 3.63) is 24.0 Å². The number of aromatic nitrogens is 1. The van der Waals surface area contributed by atoms with Crippen LogP contribution < -0.4 is 10.6 Å². The molecule has 0 amide bonds. The van der Waals surface area contributed by atoms with Gasteiger partial charge >= 0.3 is 0 Å². The highest BCUT2D eigenvalue weighted by atomic mass is 16.5. The van der Waals surface area contributed by atoms with Crippen molar-refractivity contribution in [2.24, 2.45) is 10.9 Å². The third kappa shape index (κ3) is 3.92. The van der Waals surface area contributed by atoms with Gasteiger partial charge in [-0.3, -0.25) is 4.98 Å². The first-order valence-electron chi connectivity index (χ1n) is 5.41. The highest BCUT2D eigenvalue weighted by molar-refractivity contribution is 5.95. The van der Waals surface area contributed by atoms with Gasteiger partial charge in [-0.25, -0.2) is 0 Å². The Morgan fingerprint density at radius 1 is 1.65 bits per heavy atom. The van der Waals surface area contributed by atoms with Crippen molar-refractivity contribution >= 4 is 11.5 Å². The maximum absolute atomic E-state index is 8.58. The Balaban J connectivity index is 2.70. The van der Waals surface area contributed by atoms with Gasteiger partial charge in [0.1, 0.15) is 5.69 Å². The van der Waals surface area contributed by atoms with Crippen molar-refractivity contribution in [3.8, 4) is 0 Å². The van der Waals surface area contributed by atoms with Crippen molar-refractivity contribution < 1.29 is 9.94 Å². The summed E-state index contributed by atoms with van der Waals surface area (Å²) in [6.07, 6.45) is 1.62. The molecule has 17 heavy (non-hydrogen) atoms. The Kier molecular flexibility index (Phi) is 5.22. The number of pyridine rings is 1. The molecular weight excluding hydrogens is 220 g/mol. The van der Waals surface area contributed by atoms with Crippen molar-refractivity contribution in [2.75, 3.05) is 31.7 Å². The van der Waals surface area contributed by atoms with Crippen LogP contribution in [0.2, 0.25) is 0 Å². The second kappa shape index (κ2) is 6.70. The molecule has 1 aromatic rings. The van der Waals surface area contributed by atoms with Crippen LogP contribution in [0.1, 0.15) is 12.6 Å². The van der Waals surface area contributed by atoms with E-state index in [-0.39, 0.29) is 5.84 Å². The fourth-order valence-electron chi connectivity index (χ4n) is 1.32. The van der Waals surface area contributed by atoms with E-state index in [1.165, 1.54) is 0 Å². The molecule has 0 saturated heterocycles. The highest BCUT2D eigenvalue weighted by Gasteiger charge is 2.05. The number of oxime groups is 1. The van der Waals surface area contributed by atoms with Crippen LogP contribution in [-0.4, -0.2) is 42.8 Å². The lowest BCUT2D eigenvalue weighted by molar-refractivity contribution is 0.154. The molecule has 0 atom stereocenters. The fraction of sp³-hybridized carbons (Fsp3) is 0.455. The number of hydrogen-bond acceptors (Lipinski definition) is 5. The van der Waals surface area contributed by atoms with Crippen LogP contribution in [0.15, 0.2) is 23.5 Å². The van der Waals surface area contributed by atoms with Crippen LogP contribution in [0, 0.1) is 0 Å². The summed E-state index contributed by atoms with van der Waals surface area (Å²) in [6.45, 7) is 4.10. The highest BCUT2D eigenvalue weighted by Crippen LogP contribution is 2.12. The van der Waals surface area contributed by atoms with Crippen molar-refractivity contribution in [1.82, 2.24) is 4.98 Å². The van der Waals surface area contributed by atoms with Crippen LogP contribution >= 0.6 is 0 Å². The van der Waals surface area contributed by atoms with Crippen molar-refractivity contribution in [1.29, 1.82) is 0 Å². The largest absolute Gasteiger partial charge is 0.409 e. The summed E-state index contributed by atoms with van der Waals surface area (Å²) in [5, 5.41) is 11.5. The zero-order valence-electron chi connectivity index (χ0n) is 10.1. The third-order valence-electron chi connectivity index (χ3n) is 2.33. The van der Waals surface area contributed by atoms with Crippen LogP contribution in [0.3, 0.4) is 0 Å². The minimum Gasteiger partial charge on any atom is -0.409 e. The maximum Gasteiger partial charge on any atom is 0.188 e. The second-order valence-electron chi connectivity index (χ2n) is 3.50. The number of hydrogen-bond donors (Lipinski definition) is 2. The molecule has 1 rings (SSSR count). The Labute approximate surface area is 101 Å². The molecule has 0 aliphatic rings. The standard InChI is InChI=1S/C11H18N4O2/c1-3-17-7-6-15(2)9-4-5-13-10(8-9)11(12)14-16/h4-5,8,16H,3,6-7H2,1-2H3,(H2,12,14). The quantitative estimate of drug-likeness (QED) is 0.250. The molecule has 0 spiro atoms. The molecule has 1 heterocycles. The zero-order valence-corrected chi connectivity index (χ0v) is 10.1. The fourth-order valence-corrected chi connectivity index (χ4v) is 1.32. The molecule has 6 nitrogen and oxygen atoms in total. The van der Waals surface area contributed by atoms with Gasteiger partial charge in [0.05, 0.1) is 6.61 Å². The van der Waals surface area contributed by atoms with Gasteiger partial charge in [-0.05, 0) is 19.1 Å². The number of nitrogens with zero attached hydrogens (tertiary/aromatic N) is 3. The number of ether oxygens (including phenoxy) is 1. The van der Waals surface area contributed by atoms with E-state index in [0.717, 1.165) is 12.2 Å². The summed E-state index contributed by atoms with van der Waals surface area (Å²) in [5.41, 5.74) is 6.88. The van der Waals surface area contributed by atoms with Crippen LogP contribution in [0.5, 0.6) is 0 Å². The van der Waals surface area contributed by atoms with Crippen molar-refractivity contribution in [2.45, 2.75) is 6.92 Å². The zero-order chi connectivity index (χ0) is 12.7. The topological polar surface area (TPSA) is 84.0 Å². The second-order valence-corrected chi connectivity index (χ2v) is 3.50. The maximum atomic E-state index is 8.58. The van der Waals surface area contributed by atoms with Gasteiger partial charge in [-0.2, -0.15) is 0 Å². The molecule has 0 aromatic carbocycles. The van der Waals surface area contributed by atoms with Crippen LogP contribution in [-0.2, 0) is 4.74 Å². The Morgan fingerprint density at radius 3 is 3.06 bits per heavy atom. The Hall–Kier alpha value is -1.82. The van der Waals surface area contributed by atoms with Gasteiger partial charge in [0.25, 0.3) is 0 Å². The molecule has 0 aliphatic heterocycles. The normalized spacial score (nSPS) is 11.5. The lowest BCUT2D eigenvalue weighted by Crippen LogP contribution is -2.23. The lowest BCUT2D eigenvalue weighted by atomic mass is 10.3. The van der Waals surface area contributed by atoms with E-state index >= 15 is 0 Å². The molecular formula is C11H18N4O2. The van der Waals surface area contributed by atoms with E-state index in [4.69, 9.17) is 15.7 Å². The van der Waals surface area contributed by atoms with Gasteiger partial charge in [0.2, 0.25) is 0 Å². The monoisotopic (exact) mass is 238 g/mol. The lowest BCUT2D eigenvalue weighted by Gasteiger charge is -2.19. The number of anilines is 1. The molecule has 94 valence electrons. The van der Waals surface area contributed by atoms with E-state index in [1.807, 2.05) is 24.9 Å². The minimum absolute atomic E-state index is 0.00468.